The van der Waals surface area contributed by atoms with Crippen molar-refractivity contribution < 1.29 is 9.15 Å². The molecule has 19 heavy (non-hydrogen) atoms. The van der Waals surface area contributed by atoms with Crippen molar-refractivity contribution in [3.8, 4) is 0 Å². The molecule has 2 atom stereocenters. The van der Waals surface area contributed by atoms with Crippen LogP contribution in [0.5, 0.6) is 0 Å². The molecule has 2 unspecified atom stereocenters. The number of nitrogens with two attached hydrogens (primary N) is 1. The minimum atomic E-state index is -0.186. The fourth-order valence-electron chi connectivity index (χ4n) is 1.93. The molecule has 0 aliphatic rings. The minimum Gasteiger partial charge on any atom is -0.467 e. The molecule has 0 spiro atoms. The summed E-state index contributed by atoms with van der Waals surface area (Å²) in [6.45, 7) is 2.44. The molecule has 0 saturated carbocycles. The maximum Gasteiger partial charge on any atom is 0.129 e. The van der Waals surface area contributed by atoms with E-state index in [4.69, 9.17) is 26.5 Å². The molecular weight excluding hydrogens is 262 g/mol. The Morgan fingerprint density at radius 3 is 2.79 bits per heavy atom. The third-order valence-corrected chi connectivity index (χ3v) is 3.26. The molecule has 0 fully saturated rings. The van der Waals surface area contributed by atoms with Crippen molar-refractivity contribution in [3.63, 3.8) is 0 Å². The van der Waals surface area contributed by atoms with E-state index in [1.165, 1.54) is 0 Å². The van der Waals surface area contributed by atoms with Crippen molar-refractivity contribution in [2.24, 2.45) is 5.73 Å². The fraction of sp³-hybridized carbons (Fsp3) is 0.333. The molecule has 1 heterocycles. The lowest BCUT2D eigenvalue weighted by molar-refractivity contribution is 0.0126. The zero-order chi connectivity index (χ0) is 13.7. The average Bonchev–Trinajstić information content (AvgIpc) is 2.92. The summed E-state index contributed by atoms with van der Waals surface area (Å²) in [7, 11) is 0. The number of halogens is 1. The highest BCUT2D eigenvalue weighted by Crippen LogP contribution is 2.25. The minimum absolute atomic E-state index is 0.0755. The third-order valence-electron chi connectivity index (χ3n) is 3.02. The molecule has 0 amide bonds. The van der Waals surface area contributed by atoms with Gasteiger partial charge in [0.1, 0.15) is 12.4 Å². The summed E-state index contributed by atoms with van der Waals surface area (Å²) in [4.78, 5) is 0. The molecule has 0 bridgehead atoms. The number of hydrogen-bond donors (Lipinski definition) is 1. The van der Waals surface area contributed by atoms with Crippen molar-refractivity contribution in [1.82, 2.24) is 0 Å². The molecule has 0 aliphatic heterocycles. The van der Waals surface area contributed by atoms with Gasteiger partial charge >= 0.3 is 0 Å². The largest absolute Gasteiger partial charge is 0.467 e. The SMILES string of the molecule is CCC(N)C(OCc1ccco1)c1cccc(Cl)c1. The number of hydrogen-bond acceptors (Lipinski definition) is 3. The summed E-state index contributed by atoms with van der Waals surface area (Å²) >= 11 is 6.02. The van der Waals surface area contributed by atoms with Gasteiger partial charge in [-0.25, -0.2) is 0 Å². The number of furan rings is 1. The van der Waals surface area contributed by atoms with E-state index in [1.54, 1.807) is 6.26 Å². The maximum absolute atomic E-state index is 6.14. The van der Waals surface area contributed by atoms with Gasteiger partial charge < -0.3 is 14.9 Å². The monoisotopic (exact) mass is 279 g/mol. The molecule has 2 N–H and O–H groups in total. The van der Waals surface area contributed by atoms with Crippen LogP contribution in [0.2, 0.25) is 5.02 Å². The van der Waals surface area contributed by atoms with Crippen LogP contribution in [0.1, 0.15) is 30.8 Å². The lowest BCUT2D eigenvalue weighted by Gasteiger charge is -2.23. The molecule has 0 radical (unpaired) electrons. The van der Waals surface area contributed by atoms with Crippen LogP contribution in [-0.4, -0.2) is 6.04 Å². The summed E-state index contributed by atoms with van der Waals surface area (Å²) in [6, 6.07) is 11.3. The zero-order valence-corrected chi connectivity index (χ0v) is 11.6. The van der Waals surface area contributed by atoms with Crippen LogP contribution in [0, 0.1) is 0 Å². The summed E-state index contributed by atoms with van der Waals surface area (Å²) < 4.78 is 11.2. The topological polar surface area (TPSA) is 48.4 Å². The smallest absolute Gasteiger partial charge is 0.129 e. The molecule has 3 nitrogen and oxygen atoms in total. The van der Waals surface area contributed by atoms with Crippen molar-refractivity contribution in [1.29, 1.82) is 0 Å². The molecular formula is C15H18ClNO2. The number of ether oxygens (including phenoxy) is 1. The first-order chi connectivity index (χ1) is 9.20. The van der Waals surface area contributed by atoms with E-state index >= 15 is 0 Å². The fourth-order valence-corrected chi connectivity index (χ4v) is 2.13. The van der Waals surface area contributed by atoms with Crippen LogP contribution in [0.3, 0.4) is 0 Å². The highest BCUT2D eigenvalue weighted by atomic mass is 35.5. The van der Waals surface area contributed by atoms with Crippen LogP contribution in [0.4, 0.5) is 0 Å². The Labute approximate surface area is 118 Å². The van der Waals surface area contributed by atoms with Crippen molar-refractivity contribution in [3.05, 3.63) is 59.0 Å². The molecule has 2 rings (SSSR count). The molecule has 2 aromatic rings. The highest BCUT2D eigenvalue weighted by Gasteiger charge is 2.20. The van der Waals surface area contributed by atoms with Gasteiger partial charge in [-0.2, -0.15) is 0 Å². The predicted molar refractivity (Wildman–Crippen MR) is 76.0 cm³/mol. The van der Waals surface area contributed by atoms with Crippen LogP contribution in [-0.2, 0) is 11.3 Å². The lowest BCUT2D eigenvalue weighted by atomic mass is 10.0. The molecule has 102 valence electrons. The Morgan fingerprint density at radius 2 is 2.16 bits per heavy atom. The Balaban J connectivity index is 2.11. The first-order valence-electron chi connectivity index (χ1n) is 6.35. The lowest BCUT2D eigenvalue weighted by Crippen LogP contribution is -2.29. The van der Waals surface area contributed by atoms with E-state index in [-0.39, 0.29) is 12.1 Å². The van der Waals surface area contributed by atoms with Crippen LogP contribution >= 0.6 is 11.6 Å². The van der Waals surface area contributed by atoms with Crippen LogP contribution in [0.25, 0.3) is 0 Å². The van der Waals surface area contributed by atoms with E-state index in [2.05, 4.69) is 0 Å². The maximum atomic E-state index is 6.14. The first-order valence-corrected chi connectivity index (χ1v) is 6.73. The van der Waals surface area contributed by atoms with Gasteiger partial charge in [0, 0.05) is 11.1 Å². The Hall–Kier alpha value is -1.29. The predicted octanol–water partition coefficient (Wildman–Crippen LogP) is 3.93. The van der Waals surface area contributed by atoms with E-state index < -0.39 is 0 Å². The summed E-state index contributed by atoms with van der Waals surface area (Å²) in [5.41, 5.74) is 7.13. The van der Waals surface area contributed by atoms with Gasteiger partial charge in [0.2, 0.25) is 0 Å². The van der Waals surface area contributed by atoms with E-state index in [9.17, 15) is 0 Å². The zero-order valence-electron chi connectivity index (χ0n) is 10.9. The van der Waals surface area contributed by atoms with Crippen molar-refractivity contribution in [2.75, 3.05) is 0 Å². The van der Waals surface area contributed by atoms with Crippen LogP contribution in [0.15, 0.2) is 47.1 Å². The number of rotatable bonds is 6. The average molecular weight is 280 g/mol. The van der Waals surface area contributed by atoms with Gasteiger partial charge in [0.05, 0.1) is 12.4 Å². The number of benzene rings is 1. The third kappa shape index (κ3) is 3.83. The summed E-state index contributed by atoms with van der Waals surface area (Å²) in [5.74, 6) is 0.787. The van der Waals surface area contributed by atoms with E-state index in [0.717, 1.165) is 17.7 Å². The normalized spacial score (nSPS) is 14.3. The molecule has 4 heteroatoms. The quantitative estimate of drug-likeness (QED) is 0.871. The van der Waals surface area contributed by atoms with Gasteiger partial charge in [-0.1, -0.05) is 30.7 Å². The second-order valence-corrected chi connectivity index (χ2v) is 4.87. The molecule has 1 aromatic carbocycles. The van der Waals surface area contributed by atoms with E-state index in [0.29, 0.717) is 11.6 Å². The Morgan fingerprint density at radius 1 is 1.32 bits per heavy atom. The van der Waals surface area contributed by atoms with Crippen LogP contribution < -0.4 is 5.73 Å². The van der Waals surface area contributed by atoms with Crippen molar-refractivity contribution >= 4 is 11.6 Å². The molecule has 0 aliphatic carbocycles. The standard InChI is InChI=1S/C15H18ClNO2/c1-2-14(17)15(11-5-3-6-12(16)9-11)19-10-13-7-4-8-18-13/h3-9,14-15H,2,10,17H2,1H3. The Bertz CT molecular complexity index is 499. The molecule has 0 saturated heterocycles. The van der Waals surface area contributed by atoms with Gasteiger partial charge in [-0.3, -0.25) is 0 Å². The highest BCUT2D eigenvalue weighted by molar-refractivity contribution is 6.30. The van der Waals surface area contributed by atoms with Gasteiger partial charge in [0.25, 0.3) is 0 Å². The molecule has 1 aromatic heterocycles. The first kappa shape index (κ1) is 14.1. The summed E-state index contributed by atoms with van der Waals surface area (Å²) in [6.07, 6.45) is 2.27. The van der Waals surface area contributed by atoms with Gasteiger partial charge in [-0.15, -0.1) is 0 Å². The van der Waals surface area contributed by atoms with E-state index in [1.807, 2.05) is 43.3 Å². The summed E-state index contributed by atoms with van der Waals surface area (Å²) in [5, 5.41) is 0.687. The van der Waals surface area contributed by atoms with Crippen molar-refractivity contribution in [2.45, 2.75) is 32.1 Å². The Kier molecular flexibility index (Phi) is 5.02. The van der Waals surface area contributed by atoms with Gasteiger partial charge in [-0.05, 0) is 36.2 Å². The van der Waals surface area contributed by atoms with Gasteiger partial charge in [0.15, 0.2) is 0 Å². The second kappa shape index (κ2) is 6.75. The second-order valence-electron chi connectivity index (χ2n) is 4.44.